The Kier molecular flexibility index (Phi) is 11.4. The Labute approximate surface area is 246 Å². The van der Waals surface area contributed by atoms with Crippen LogP contribution in [0, 0.1) is 0 Å². The number of fused-ring (bicyclic) bond motifs is 1. The van der Waals surface area contributed by atoms with Crippen molar-refractivity contribution in [3.05, 3.63) is 64.0 Å². The fourth-order valence-corrected chi connectivity index (χ4v) is 4.23. The molecule has 0 spiro atoms. The maximum atomic E-state index is 14.0. The highest BCUT2D eigenvalue weighted by molar-refractivity contribution is 5.83. The van der Waals surface area contributed by atoms with Crippen LogP contribution < -0.4 is 10.4 Å². The van der Waals surface area contributed by atoms with Crippen molar-refractivity contribution in [3.63, 3.8) is 0 Å². The Hall–Kier alpha value is -3.27. The number of aryl methyl sites for hydroxylation is 2. The molecular weight excluding hydrogens is 612 g/mol. The lowest BCUT2D eigenvalue weighted by molar-refractivity contribution is -0.574. The van der Waals surface area contributed by atoms with Crippen molar-refractivity contribution in [1.29, 1.82) is 0 Å². The van der Waals surface area contributed by atoms with Crippen molar-refractivity contribution in [3.8, 4) is 16.9 Å². The van der Waals surface area contributed by atoms with E-state index in [9.17, 15) is 39.9 Å². The SMILES string of the molecule is CCCCCc1ccc(-c2cc3ccc(OCC(F)(F)OC(F)(F)OC(F)(F)OC(F)(F)COC)cc3oc2=O)c(CC)c1. The standard InChI is InChI=1S/C29H30F8O7/c1-4-6-7-8-18-9-12-22(19(5-2)13-18)23-14-20-10-11-21(15-24(20)41-25(23)38)40-17-27(32,33)43-29(36,37)44-28(34,35)42-26(30,31)16-39-3/h9-15H,4-8,16-17H2,1-3H3. The molecule has 0 unspecified atom stereocenters. The van der Waals surface area contributed by atoms with Crippen molar-refractivity contribution in [2.45, 2.75) is 70.8 Å². The van der Waals surface area contributed by atoms with Gasteiger partial charge in [-0.25, -0.2) is 19.0 Å². The fraction of sp³-hybridized carbons (Fsp3) is 0.483. The Morgan fingerprint density at radius 1 is 0.750 bits per heavy atom. The molecule has 0 radical (unpaired) electrons. The summed E-state index contributed by atoms with van der Waals surface area (Å²) in [6, 6.07) is 10.9. The first-order valence-corrected chi connectivity index (χ1v) is 13.4. The van der Waals surface area contributed by atoms with Crippen LogP contribution in [0.4, 0.5) is 35.1 Å². The van der Waals surface area contributed by atoms with E-state index in [1.165, 1.54) is 6.07 Å². The fourth-order valence-electron chi connectivity index (χ4n) is 4.23. The third-order valence-electron chi connectivity index (χ3n) is 6.11. The Bertz CT molecular complexity index is 1460. The van der Waals surface area contributed by atoms with Gasteiger partial charge in [0.2, 0.25) is 0 Å². The lowest BCUT2D eigenvalue weighted by atomic mass is 9.94. The molecule has 15 heteroatoms. The third kappa shape index (κ3) is 10.1. The molecule has 0 saturated carbocycles. The Balaban J connectivity index is 1.71. The molecule has 0 fully saturated rings. The van der Waals surface area contributed by atoms with Crippen LogP contribution >= 0.6 is 0 Å². The lowest BCUT2D eigenvalue weighted by Crippen LogP contribution is -2.46. The summed E-state index contributed by atoms with van der Waals surface area (Å²) in [6.45, 7) is 0.322. The van der Waals surface area contributed by atoms with Gasteiger partial charge < -0.3 is 13.9 Å². The minimum absolute atomic E-state index is 0.0860. The first-order chi connectivity index (χ1) is 20.5. The van der Waals surface area contributed by atoms with Gasteiger partial charge in [-0.2, -0.15) is 17.6 Å². The highest BCUT2D eigenvalue weighted by Gasteiger charge is 2.56. The summed E-state index contributed by atoms with van der Waals surface area (Å²) in [6.07, 6.45) is -16.6. The number of hydrogen-bond donors (Lipinski definition) is 0. The summed E-state index contributed by atoms with van der Waals surface area (Å²) in [5, 5.41) is 0.386. The van der Waals surface area contributed by atoms with Crippen LogP contribution in [-0.4, -0.2) is 45.1 Å². The zero-order chi connectivity index (χ0) is 32.8. The van der Waals surface area contributed by atoms with Gasteiger partial charge in [0.25, 0.3) is 0 Å². The molecule has 0 aliphatic carbocycles. The van der Waals surface area contributed by atoms with Gasteiger partial charge in [0.1, 0.15) is 17.9 Å². The first-order valence-electron chi connectivity index (χ1n) is 13.4. The minimum atomic E-state index is -5.81. The lowest BCUT2D eigenvalue weighted by Gasteiger charge is -2.27. The van der Waals surface area contributed by atoms with Crippen LogP contribution in [0.5, 0.6) is 5.75 Å². The third-order valence-corrected chi connectivity index (χ3v) is 6.11. The Morgan fingerprint density at radius 3 is 2.02 bits per heavy atom. The summed E-state index contributed by atoms with van der Waals surface area (Å²) in [7, 11) is 0.672. The Morgan fingerprint density at radius 2 is 1.41 bits per heavy atom. The maximum absolute atomic E-state index is 14.0. The molecule has 0 N–H and O–H groups in total. The number of methoxy groups -OCH3 is 1. The molecule has 0 aliphatic rings. The van der Waals surface area contributed by atoms with E-state index < -0.39 is 43.6 Å². The summed E-state index contributed by atoms with van der Waals surface area (Å²) >= 11 is 0. The molecule has 0 aliphatic heterocycles. The van der Waals surface area contributed by atoms with E-state index in [1.54, 1.807) is 6.07 Å². The van der Waals surface area contributed by atoms with Gasteiger partial charge in [-0.1, -0.05) is 44.9 Å². The van der Waals surface area contributed by atoms with Gasteiger partial charge in [-0.3, -0.25) is 0 Å². The van der Waals surface area contributed by atoms with Gasteiger partial charge in [0.05, 0.1) is 5.56 Å². The molecule has 0 bridgehead atoms. The molecule has 244 valence electrons. The second-order valence-electron chi connectivity index (χ2n) is 9.68. The van der Waals surface area contributed by atoms with Crippen LogP contribution in [0.25, 0.3) is 22.1 Å². The summed E-state index contributed by atoms with van der Waals surface area (Å²) in [4.78, 5) is 12.8. The van der Waals surface area contributed by atoms with Gasteiger partial charge in [-0.15, -0.1) is 17.6 Å². The average molecular weight is 643 g/mol. The number of rotatable bonds is 17. The average Bonchev–Trinajstić information content (AvgIpc) is 2.89. The zero-order valence-corrected chi connectivity index (χ0v) is 23.9. The van der Waals surface area contributed by atoms with Crippen molar-refractivity contribution < 1.29 is 63.2 Å². The number of unbranched alkanes of at least 4 members (excludes halogenated alkanes) is 2. The summed E-state index contributed by atoms with van der Waals surface area (Å²) in [5.41, 5.74) is 2.19. The molecule has 1 heterocycles. The number of hydrogen-bond acceptors (Lipinski definition) is 7. The first kappa shape index (κ1) is 35.2. The predicted octanol–water partition coefficient (Wildman–Crippen LogP) is 8.12. The van der Waals surface area contributed by atoms with Crippen molar-refractivity contribution in [2.24, 2.45) is 0 Å². The van der Waals surface area contributed by atoms with E-state index in [-0.39, 0.29) is 16.9 Å². The highest BCUT2D eigenvalue weighted by atomic mass is 19.3. The van der Waals surface area contributed by atoms with Gasteiger partial charge >= 0.3 is 30.4 Å². The van der Waals surface area contributed by atoms with Crippen LogP contribution in [0.3, 0.4) is 0 Å². The number of ether oxygens (including phenoxy) is 5. The topological polar surface area (TPSA) is 76.4 Å². The smallest absolute Gasteiger partial charge is 0.484 e. The molecule has 7 nitrogen and oxygen atoms in total. The molecule has 44 heavy (non-hydrogen) atoms. The molecular formula is C29H30F8O7. The molecule has 0 amide bonds. The van der Waals surface area contributed by atoms with Crippen LogP contribution in [0.1, 0.15) is 44.2 Å². The van der Waals surface area contributed by atoms with Crippen LogP contribution in [0.15, 0.2) is 51.7 Å². The largest absolute Gasteiger partial charge is 0.496 e. The zero-order valence-electron chi connectivity index (χ0n) is 23.9. The number of benzene rings is 2. The van der Waals surface area contributed by atoms with E-state index in [0.29, 0.717) is 24.5 Å². The van der Waals surface area contributed by atoms with Crippen molar-refractivity contribution in [1.82, 2.24) is 0 Å². The molecule has 3 rings (SSSR count). The van der Waals surface area contributed by atoms with Crippen LogP contribution in [0.2, 0.25) is 0 Å². The van der Waals surface area contributed by atoms with Gasteiger partial charge in [0.15, 0.2) is 6.61 Å². The molecule has 2 aromatic carbocycles. The monoisotopic (exact) mass is 642 g/mol. The molecule has 0 atom stereocenters. The molecule has 0 saturated heterocycles. The maximum Gasteiger partial charge on any atom is 0.496 e. The summed E-state index contributed by atoms with van der Waals surface area (Å²) < 4.78 is 130. The van der Waals surface area contributed by atoms with Gasteiger partial charge in [0, 0.05) is 18.6 Å². The van der Waals surface area contributed by atoms with E-state index in [2.05, 4.69) is 25.9 Å². The number of alkyl halides is 8. The molecule has 3 aromatic rings. The second kappa shape index (κ2) is 14.2. The normalized spacial score (nSPS) is 13.1. The summed E-state index contributed by atoms with van der Waals surface area (Å²) in [5.74, 6) is -0.389. The molecule has 1 aromatic heterocycles. The van der Waals surface area contributed by atoms with Crippen molar-refractivity contribution in [2.75, 3.05) is 20.3 Å². The van der Waals surface area contributed by atoms with E-state index in [1.807, 2.05) is 25.1 Å². The van der Waals surface area contributed by atoms with Crippen LogP contribution in [-0.2, 0) is 31.8 Å². The predicted molar refractivity (Wildman–Crippen MR) is 141 cm³/mol. The van der Waals surface area contributed by atoms with E-state index >= 15 is 0 Å². The quantitative estimate of drug-likeness (QED) is 0.0637. The minimum Gasteiger partial charge on any atom is -0.484 e. The van der Waals surface area contributed by atoms with E-state index in [0.717, 1.165) is 48.9 Å². The van der Waals surface area contributed by atoms with Crippen molar-refractivity contribution >= 4 is 11.0 Å². The van der Waals surface area contributed by atoms with E-state index in [4.69, 9.17) is 9.15 Å². The second-order valence-corrected chi connectivity index (χ2v) is 9.68. The number of halogens is 8. The van der Waals surface area contributed by atoms with Gasteiger partial charge in [-0.05, 0) is 54.2 Å². The highest BCUT2D eigenvalue weighted by Crippen LogP contribution is 2.37.